The van der Waals surface area contributed by atoms with Crippen molar-refractivity contribution < 1.29 is 5.11 Å². The SMILES string of the molecule is CC(O)(c1ccccc1)c1ccccc1[Si](C)(C)C. The van der Waals surface area contributed by atoms with Crippen LogP contribution in [0.4, 0.5) is 0 Å². The Hall–Kier alpha value is -1.38. The Labute approximate surface area is 116 Å². The first kappa shape index (κ1) is 14.0. The fourth-order valence-corrected chi connectivity index (χ4v) is 4.21. The number of hydrogen-bond acceptors (Lipinski definition) is 1. The summed E-state index contributed by atoms with van der Waals surface area (Å²) in [4.78, 5) is 0. The van der Waals surface area contributed by atoms with Crippen LogP contribution in [0.15, 0.2) is 54.6 Å². The van der Waals surface area contributed by atoms with Gasteiger partial charge in [0.1, 0.15) is 5.60 Å². The highest BCUT2D eigenvalue weighted by atomic mass is 28.3. The molecule has 1 unspecified atom stereocenters. The Bertz CT molecular complexity index is 553. The van der Waals surface area contributed by atoms with Crippen molar-refractivity contribution in [2.24, 2.45) is 0 Å². The van der Waals surface area contributed by atoms with Gasteiger partial charge >= 0.3 is 0 Å². The largest absolute Gasteiger partial charge is 0.381 e. The van der Waals surface area contributed by atoms with Crippen LogP contribution in [0.1, 0.15) is 18.1 Å². The molecule has 2 aromatic rings. The monoisotopic (exact) mass is 270 g/mol. The molecule has 0 aliphatic rings. The Morgan fingerprint density at radius 2 is 1.37 bits per heavy atom. The van der Waals surface area contributed by atoms with Crippen molar-refractivity contribution in [1.29, 1.82) is 0 Å². The maximum Gasteiger partial charge on any atom is 0.112 e. The predicted molar refractivity (Wildman–Crippen MR) is 84.5 cm³/mol. The number of benzene rings is 2. The summed E-state index contributed by atoms with van der Waals surface area (Å²) in [5.41, 5.74) is 1.05. The van der Waals surface area contributed by atoms with E-state index in [4.69, 9.17) is 0 Å². The van der Waals surface area contributed by atoms with Gasteiger partial charge in [0.15, 0.2) is 0 Å². The summed E-state index contributed by atoms with van der Waals surface area (Å²) in [6.07, 6.45) is 0. The summed E-state index contributed by atoms with van der Waals surface area (Å²) in [7, 11) is -1.48. The molecule has 0 saturated heterocycles. The minimum atomic E-state index is -1.48. The summed E-state index contributed by atoms with van der Waals surface area (Å²) in [6, 6.07) is 18.2. The van der Waals surface area contributed by atoms with Gasteiger partial charge in [-0.2, -0.15) is 0 Å². The van der Waals surface area contributed by atoms with Crippen molar-refractivity contribution in [3.05, 3.63) is 65.7 Å². The molecule has 1 nitrogen and oxygen atoms in total. The van der Waals surface area contributed by atoms with E-state index in [2.05, 4.69) is 37.8 Å². The van der Waals surface area contributed by atoms with Gasteiger partial charge in [0.2, 0.25) is 0 Å². The Morgan fingerprint density at radius 3 is 1.95 bits per heavy atom. The van der Waals surface area contributed by atoms with E-state index in [1.165, 1.54) is 5.19 Å². The first-order valence-electron chi connectivity index (χ1n) is 6.71. The molecule has 0 saturated carbocycles. The fourth-order valence-electron chi connectivity index (χ4n) is 2.48. The zero-order chi connectivity index (χ0) is 14.1. The van der Waals surface area contributed by atoms with Crippen LogP contribution in [0.25, 0.3) is 0 Å². The molecule has 0 radical (unpaired) electrons. The van der Waals surface area contributed by atoms with Crippen LogP contribution in [-0.2, 0) is 5.60 Å². The molecule has 2 heteroatoms. The molecule has 0 amide bonds. The maximum absolute atomic E-state index is 11.0. The quantitative estimate of drug-likeness (QED) is 0.847. The van der Waals surface area contributed by atoms with E-state index in [0.717, 1.165) is 11.1 Å². The predicted octanol–water partition coefficient (Wildman–Crippen LogP) is 3.49. The molecule has 1 N–H and O–H groups in total. The minimum absolute atomic E-state index is 0.932. The molecule has 0 spiro atoms. The van der Waals surface area contributed by atoms with Crippen LogP contribution in [-0.4, -0.2) is 13.2 Å². The van der Waals surface area contributed by atoms with Gasteiger partial charge in [0.25, 0.3) is 0 Å². The zero-order valence-corrected chi connectivity index (χ0v) is 13.1. The highest BCUT2D eigenvalue weighted by Gasteiger charge is 2.31. The summed E-state index contributed by atoms with van der Waals surface area (Å²) in [6.45, 7) is 8.83. The molecular weight excluding hydrogens is 248 g/mol. The van der Waals surface area contributed by atoms with Crippen LogP contribution in [0, 0.1) is 0 Å². The maximum atomic E-state index is 11.0. The lowest BCUT2D eigenvalue weighted by atomic mass is 9.88. The molecule has 1 atom stereocenters. The van der Waals surface area contributed by atoms with Gasteiger partial charge in [0, 0.05) is 0 Å². The average Bonchev–Trinajstić information content (AvgIpc) is 2.39. The second kappa shape index (κ2) is 4.95. The van der Waals surface area contributed by atoms with Crippen LogP contribution in [0.5, 0.6) is 0 Å². The summed E-state index contributed by atoms with van der Waals surface area (Å²) >= 11 is 0. The molecule has 0 aliphatic carbocycles. The third-order valence-electron chi connectivity index (χ3n) is 3.60. The topological polar surface area (TPSA) is 20.2 Å². The van der Waals surface area contributed by atoms with E-state index in [1.54, 1.807) is 0 Å². The van der Waals surface area contributed by atoms with Crippen molar-refractivity contribution >= 4 is 13.3 Å². The second-order valence-corrected chi connectivity index (χ2v) is 11.3. The van der Waals surface area contributed by atoms with Gasteiger partial charge in [-0.1, -0.05) is 79.4 Å². The van der Waals surface area contributed by atoms with Crippen molar-refractivity contribution in [3.63, 3.8) is 0 Å². The van der Waals surface area contributed by atoms with E-state index in [0.29, 0.717) is 0 Å². The lowest BCUT2D eigenvalue weighted by molar-refractivity contribution is 0.103. The highest BCUT2D eigenvalue weighted by molar-refractivity contribution is 6.89. The van der Waals surface area contributed by atoms with Crippen LogP contribution in [0.3, 0.4) is 0 Å². The van der Waals surface area contributed by atoms with E-state index in [1.807, 2.05) is 43.3 Å². The molecule has 0 aromatic heterocycles. The Balaban J connectivity index is 2.59. The summed E-state index contributed by atoms with van der Waals surface area (Å²) < 4.78 is 0. The van der Waals surface area contributed by atoms with Gasteiger partial charge < -0.3 is 5.11 Å². The Morgan fingerprint density at radius 1 is 0.842 bits per heavy atom. The van der Waals surface area contributed by atoms with Crippen molar-refractivity contribution in [2.45, 2.75) is 32.2 Å². The van der Waals surface area contributed by atoms with E-state index in [-0.39, 0.29) is 0 Å². The number of hydrogen-bond donors (Lipinski definition) is 1. The standard InChI is InChI=1S/C17H22OSi/c1-17(18,14-10-6-5-7-11-14)15-12-8-9-13-16(15)19(2,3)4/h5-13,18H,1-4H3. The molecule has 0 heterocycles. The molecule has 0 aliphatic heterocycles. The summed E-state index contributed by atoms with van der Waals surface area (Å²) in [5.74, 6) is 0. The van der Waals surface area contributed by atoms with Crippen molar-refractivity contribution in [2.75, 3.05) is 0 Å². The Kier molecular flexibility index (Phi) is 3.66. The van der Waals surface area contributed by atoms with Crippen molar-refractivity contribution in [1.82, 2.24) is 0 Å². The smallest absolute Gasteiger partial charge is 0.112 e. The zero-order valence-electron chi connectivity index (χ0n) is 12.1. The fraction of sp³-hybridized carbons (Fsp3) is 0.294. The molecule has 2 aromatic carbocycles. The first-order chi connectivity index (χ1) is 8.83. The third kappa shape index (κ3) is 2.80. The average molecular weight is 270 g/mol. The van der Waals surface area contributed by atoms with E-state index in [9.17, 15) is 5.11 Å². The van der Waals surface area contributed by atoms with Gasteiger partial charge in [-0.25, -0.2) is 0 Å². The number of aliphatic hydroxyl groups is 1. The molecule has 2 rings (SSSR count). The van der Waals surface area contributed by atoms with Gasteiger partial charge in [-0.3, -0.25) is 0 Å². The minimum Gasteiger partial charge on any atom is -0.381 e. The first-order valence-corrected chi connectivity index (χ1v) is 10.2. The van der Waals surface area contributed by atoms with Crippen LogP contribution < -0.4 is 5.19 Å². The van der Waals surface area contributed by atoms with Crippen LogP contribution in [0.2, 0.25) is 19.6 Å². The number of rotatable bonds is 3. The van der Waals surface area contributed by atoms with Crippen molar-refractivity contribution in [3.8, 4) is 0 Å². The lowest BCUT2D eigenvalue weighted by Crippen LogP contribution is -2.44. The van der Waals surface area contributed by atoms with E-state index >= 15 is 0 Å². The molecule has 0 bridgehead atoms. The molecular formula is C17H22OSi. The van der Waals surface area contributed by atoms with Gasteiger partial charge in [-0.15, -0.1) is 0 Å². The highest BCUT2D eigenvalue weighted by Crippen LogP contribution is 2.28. The normalized spacial score (nSPS) is 15.0. The third-order valence-corrected chi connectivity index (χ3v) is 5.65. The van der Waals surface area contributed by atoms with Crippen LogP contribution >= 0.6 is 0 Å². The van der Waals surface area contributed by atoms with Gasteiger partial charge in [0.05, 0.1) is 8.07 Å². The summed E-state index contributed by atoms with van der Waals surface area (Å²) in [5, 5.41) is 12.3. The molecule has 19 heavy (non-hydrogen) atoms. The van der Waals surface area contributed by atoms with Gasteiger partial charge in [-0.05, 0) is 18.1 Å². The molecule has 0 fully saturated rings. The van der Waals surface area contributed by atoms with E-state index < -0.39 is 13.7 Å². The lowest BCUT2D eigenvalue weighted by Gasteiger charge is -2.31. The second-order valence-electron chi connectivity index (χ2n) is 6.23. The molecule has 100 valence electrons.